The van der Waals surface area contributed by atoms with E-state index in [1.165, 1.54) is 11.3 Å². The topological polar surface area (TPSA) is 114 Å². The number of nitrogens with one attached hydrogen (secondary N) is 1. The molecule has 9 heteroatoms. The lowest BCUT2D eigenvalue weighted by Crippen LogP contribution is -2.28. The van der Waals surface area contributed by atoms with Gasteiger partial charge in [-0.3, -0.25) is 10.1 Å². The van der Waals surface area contributed by atoms with E-state index in [0.29, 0.717) is 5.13 Å². The summed E-state index contributed by atoms with van der Waals surface area (Å²) in [6.07, 6.45) is -0.982. The van der Waals surface area contributed by atoms with Crippen molar-refractivity contribution in [1.82, 2.24) is 10.2 Å². The maximum Gasteiger partial charge on any atom is 0.353 e. The van der Waals surface area contributed by atoms with Crippen LogP contribution in [0.1, 0.15) is 11.4 Å². The number of rotatable bonds is 3. The number of nitrogens with zero attached hydrogens (tertiary/aromatic N) is 3. The normalized spacial score (nSPS) is 18.4. The Morgan fingerprint density at radius 1 is 1.53 bits per heavy atom. The summed E-state index contributed by atoms with van der Waals surface area (Å²) in [5.74, 6) is -1.67. The predicted molar refractivity (Wildman–Crippen MR) is 57.8 cm³/mol. The van der Waals surface area contributed by atoms with E-state index < -0.39 is 18.0 Å². The molecule has 90 valence electrons. The first-order chi connectivity index (χ1) is 8.06. The Labute approximate surface area is 99.3 Å². The highest BCUT2D eigenvalue weighted by atomic mass is 32.1. The van der Waals surface area contributed by atoms with Crippen LogP contribution in [0.25, 0.3) is 0 Å². The van der Waals surface area contributed by atoms with Crippen LogP contribution in [-0.2, 0) is 14.4 Å². The summed E-state index contributed by atoms with van der Waals surface area (Å²) in [7, 11) is 0. The van der Waals surface area contributed by atoms with Crippen molar-refractivity contribution in [2.24, 2.45) is 5.16 Å². The van der Waals surface area contributed by atoms with E-state index in [0.717, 1.165) is 5.01 Å². The molecule has 0 spiro atoms. The molecule has 0 saturated heterocycles. The van der Waals surface area contributed by atoms with Crippen LogP contribution in [0.2, 0.25) is 0 Å². The number of aromatic nitrogens is 2. The molecule has 1 amide bonds. The SMILES string of the molecule is Cc1nnc(NC(=O)C2CC(C(=O)O)=NO2)s1. The average Bonchev–Trinajstić information content (AvgIpc) is 2.86. The van der Waals surface area contributed by atoms with Crippen LogP contribution in [-0.4, -0.2) is 39.0 Å². The second kappa shape index (κ2) is 4.45. The van der Waals surface area contributed by atoms with Gasteiger partial charge in [-0.05, 0) is 6.92 Å². The molecule has 1 aliphatic heterocycles. The molecule has 0 saturated carbocycles. The maximum atomic E-state index is 11.6. The van der Waals surface area contributed by atoms with Crippen LogP contribution in [0.15, 0.2) is 5.16 Å². The van der Waals surface area contributed by atoms with E-state index in [-0.39, 0.29) is 12.1 Å². The number of aryl methyl sites for hydroxylation is 1. The third-order valence-corrected chi connectivity index (χ3v) is 2.72. The number of carbonyl (C=O) groups is 2. The standard InChI is InChI=1S/C8H8N4O4S/c1-3-10-11-8(17-3)9-6(13)5-2-4(7(14)15)12-16-5/h5H,2H2,1H3,(H,14,15)(H,9,11,13). The summed E-state index contributed by atoms with van der Waals surface area (Å²) < 4.78 is 0. The van der Waals surface area contributed by atoms with Crippen LogP contribution < -0.4 is 5.32 Å². The number of carbonyl (C=O) groups excluding carboxylic acids is 1. The summed E-state index contributed by atoms with van der Waals surface area (Å²) >= 11 is 1.22. The number of anilines is 1. The quantitative estimate of drug-likeness (QED) is 0.787. The molecule has 17 heavy (non-hydrogen) atoms. The van der Waals surface area contributed by atoms with Crippen molar-refractivity contribution >= 4 is 34.1 Å². The van der Waals surface area contributed by atoms with Crippen LogP contribution >= 0.6 is 11.3 Å². The molecule has 0 fully saturated rings. The molecule has 1 unspecified atom stereocenters. The van der Waals surface area contributed by atoms with Crippen molar-refractivity contribution in [3.05, 3.63) is 5.01 Å². The highest BCUT2D eigenvalue weighted by molar-refractivity contribution is 7.15. The monoisotopic (exact) mass is 256 g/mol. The van der Waals surface area contributed by atoms with Gasteiger partial charge in [0.15, 0.2) is 5.71 Å². The molecule has 0 radical (unpaired) electrons. The first kappa shape index (κ1) is 11.5. The van der Waals surface area contributed by atoms with Gasteiger partial charge >= 0.3 is 5.97 Å². The van der Waals surface area contributed by atoms with E-state index in [4.69, 9.17) is 9.94 Å². The Morgan fingerprint density at radius 2 is 2.29 bits per heavy atom. The van der Waals surface area contributed by atoms with E-state index in [1.54, 1.807) is 6.92 Å². The number of hydrogen-bond acceptors (Lipinski definition) is 7. The average molecular weight is 256 g/mol. The first-order valence-electron chi connectivity index (χ1n) is 4.63. The van der Waals surface area contributed by atoms with Gasteiger partial charge in [0.05, 0.1) is 0 Å². The molecule has 0 bridgehead atoms. The summed E-state index contributed by atoms with van der Waals surface area (Å²) in [5, 5.41) is 22.9. The lowest BCUT2D eigenvalue weighted by molar-refractivity contribution is -0.129. The smallest absolute Gasteiger partial charge is 0.353 e. The van der Waals surface area contributed by atoms with Gasteiger partial charge in [-0.1, -0.05) is 16.5 Å². The van der Waals surface area contributed by atoms with Crippen molar-refractivity contribution in [2.75, 3.05) is 5.32 Å². The van der Waals surface area contributed by atoms with E-state index in [1.807, 2.05) is 0 Å². The zero-order valence-electron chi connectivity index (χ0n) is 8.71. The first-order valence-corrected chi connectivity index (χ1v) is 5.45. The number of aliphatic carboxylic acids is 1. The molecular weight excluding hydrogens is 248 g/mol. The summed E-state index contributed by atoms with van der Waals surface area (Å²) in [6.45, 7) is 1.75. The summed E-state index contributed by atoms with van der Waals surface area (Å²) in [5.41, 5.74) is -0.168. The van der Waals surface area contributed by atoms with Gasteiger partial charge in [-0.15, -0.1) is 10.2 Å². The number of amides is 1. The van der Waals surface area contributed by atoms with Gasteiger partial charge in [0.1, 0.15) is 5.01 Å². The number of oxime groups is 1. The van der Waals surface area contributed by atoms with Crippen LogP contribution in [0.4, 0.5) is 5.13 Å². The minimum atomic E-state index is -1.19. The van der Waals surface area contributed by atoms with Crippen molar-refractivity contribution < 1.29 is 19.5 Å². The minimum Gasteiger partial charge on any atom is -0.477 e. The fourth-order valence-corrected chi connectivity index (χ4v) is 1.77. The number of carboxylic acid groups (broad SMARTS) is 1. The lowest BCUT2D eigenvalue weighted by atomic mass is 10.2. The Bertz CT molecular complexity index is 497. The van der Waals surface area contributed by atoms with Crippen LogP contribution in [0.3, 0.4) is 0 Å². The highest BCUT2D eigenvalue weighted by Crippen LogP contribution is 2.17. The Hall–Kier alpha value is -2.03. The van der Waals surface area contributed by atoms with Crippen molar-refractivity contribution in [1.29, 1.82) is 0 Å². The molecule has 1 aromatic heterocycles. The van der Waals surface area contributed by atoms with E-state index in [9.17, 15) is 9.59 Å². The van der Waals surface area contributed by atoms with E-state index >= 15 is 0 Å². The van der Waals surface area contributed by atoms with Crippen LogP contribution in [0, 0.1) is 6.92 Å². The Kier molecular flexibility index (Phi) is 3.00. The molecule has 2 N–H and O–H groups in total. The Morgan fingerprint density at radius 3 is 2.82 bits per heavy atom. The number of hydrogen-bond donors (Lipinski definition) is 2. The molecule has 0 aromatic carbocycles. The van der Waals surface area contributed by atoms with Gasteiger partial charge in [0.2, 0.25) is 11.2 Å². The van der Waals surface area contributed by atoms with Crippen molar-refractivity contribution in [3.63, 3.8) is 0 Å². The number of carboxylic acids is 1. The lowest BCUT2D eigenvalue weighted by Gasteiger charge is -2.05. The fraction of sp³-hybridized carbons (Fsp3) is 0.375. The molecule has 1 atom stereocenters. The van der Waals surface area contributed by atoms with Gasteiger partial charge in [0, 0.05) is 6.42 Å². The van der Waals surface area contributed by atoms with Crippen molar-refractivity contribution in [3.8, 4) is 0 Å². The zero-order chi connectivity index (χ0) is 12.4. The second-order valence-electron chi connectivity index (χ2n) is 3.26. The van der Waals surface area contributed by atoms with Crippen molar-refractivity contribution in [2.45, 2.75) is 19.4 Å². The molecule has 1 aliphatic rings. The zero-order valence-corrected chi connectivity index (χ0v) is 9.52. The molecular formula is C8H8N4O4S. The molecule has 1 aromatic rings. The second-order valence-corrected chi connectivity index (χ2v) is 4.44. The largest absolute Gasteiger partial charge is 0.477 e. The maximum absolute atomic E-state index is 11.6. The minimum absolute atomic E-state index is 0.0566. The third-order valence-electron chi connectivity index (χ3n) is 1.96. The van der Waals surface area contributed by atoms with Gasteiger partial charge in [-0.25, -0.2) is 4.79 Å². The highest BCUT2D eigenvalue weighted by Gasteiger charge is 2.31. The predicted octanol–water partition coefficient (Wildman–Crippen LogP) is 0.0145. The molecule has 8 nitrogen and oxygen atoms in total. The fourth-order valence-electron chi connectivity index (χ4n) is 1.18. The third kappa shape index (κ3) is 2.56. The van der Waals surface area contributed by atoms with Gasteiger partial charge in [0.25, 0.3) is 5.91 Å². The summed E-state index contributed by atoms with van der Waals surface area (Å²) in [6, 6.07) is 0. The van der Waals surface area contributed by atoms with Gasteiger partial charge in [-0.2, -0.15) is 0 Å². The van der Waals surface area contributed by atoms with Gasteiger partial charge < -0.3 is 9.94 Å². The van der Waals surface area contributed by atoms with E-state index in [2.05, 4.69) is 20.7 Å². The summed E-state index contributed by atoms with van der Waals surface area (Å²) in [4.78, 5) is 26.9. The Balaban J connectivity index is 1.93. The van der Waals surface area contributed by atoms with Crippen LogP contribution in [0.5, 0.6) is 0 Å². The molecule has 0 aliphatic carbocycles. The molecule has 2 heterocycles. The molecule has 2 rings (SSSR count).